The number of halogens is 1. The topological polar surface area (TPSA) is 107 Å². The minimum Gasteiger partial charge on any atom is -0.366 e. The van der Waals surface area contributed by atoms with Crippen molar-refractivity contribution in [3.63, 3.8) is 0 Å². The summed E-state index contributed by atoms with van der Waals surface area (Å²) >= 11 is 5.92. The number of hydrogen-bond acceptors (Lipinski definition) is 3. The van der Waals surface area contributed by atoms with E-state index in [2.05, 4.69) is 20.6 Å². The van der Waals surface area contributed by atoms with E-state index in [0.29, 0.717) is 33.1 Å². The zero-order valence-corrected chi connectivity index (χ0v) is 17.9. The fraction of sp³-hybridized carbons (Fsp3) is 0. The van der Waals surface area contributed by atoms with Gasteiger partial charge in [-0.3, -0.25) is 14.4 Å². The average Bonchev–Trinajstić information content (AvgIpc) is 3.42. The number of pyridine rings is 1. The van der Waals surface area contributed by atoms with E-state index in [1.54, 1.807) is 60.9 Å². The van der Waals surface area contributed by atoms with Crippen molar-refractivity contribution >= 4 is 46.4 Å². The van der Waals surface area contributed by atoms with E-state index in [1.807, 2.05) is 12.1 Å². The number of hydrogen-bond donors (Lipinski definition) is 4. The zero-order chi connectivity index (χ0) is 22.9. The number of anilines is 2. The highest BCUT2D eigenvalue weighted by Crippen LogP contribution is 2.35. The van der Waals surface area contributed by atoms with Crippen LogP contribution in [-0.4, -0.2) is 21.8 Å². The summed E-state index contributed by atoms with van der Waals surface area (Å²) in [5, 5.41) is 6.10. The number of rotatable bonds is 4. The maximum Gasteiger partial charge on any atom is 0.261 e. The Hall–Kier alpha value is -4.36. The largest absolute Gasteiger partial charge is 0.366 e. The number of benzene rings is 2. The lowest BCUT2D eigenvalue weighted by atomic mass is 10.0. The van der Waals surface area contributed by atoms with E-state index in [9.17, 15) is 14.4 Å². The SMILES string of the molecule is O=C1Nc2cc(NC(=O)c3c[nH]cc(-c4ccc(Cl)cc4)c3=O)ccc2/C1=C/c1ccc[nH]1. The van der Waals surface area contributed by atoms with Gasteiger partial charge in [-0.15, -0.1) is 0 Å². The van der Waals surface area contributed by atoms with Crippen LogP contribution in [0.5, 0.6) is 0 Å². The number of nitrogens with one attached hydrogen (secondary N) is 4. The number of aromatic nitrogens is 2. The second kappa shape index (κ2) is 8.29. The molecule has 1 aliphatic heterocycles. The van der Waals surface area contributed by atoms with Gasteiger partial charge in [0, 0.05) is 46.1 Å². The van der Waals surface area contributed by atoms with Crippen molar-refractivity contribution in [3.8, 4) is 11.1 Å². The van der Waals surface area contributed by atoms with Crippen LogP contribution in [0.25, 0.3) is 22.8 Å². The van der Waals surface area contributed by atoms with Gasteiger partial charge in [0.05, 0.1) is 11.3 Å². The van der Waals surface area contributed by atoms with Gasteiger partial charge in [0.2, 0.25) is 5.43 Å². The van der Waals surface area contributed by atoms with Crippen molar-refractivity contribution in [2.45, 2.75) is 0 Å². The molecule has 2 aromatic carbocycles. The molecule has 0 unspecified atom stereocenters. The molecule has 33 heavy (non-hydrogen) atoms. The summed E-state index contributed by atoms with van der Waals surface area (Å²) in [5.41, 5.74) is 3.68. The molecule has 0 aliphatic carbocycles. The second-order valence-corrected chi connectivity index (χ2v) is 7.91. The Kier molecular flexibility index (Phi) is 5.16. The van der Waals surface area contributed by atoms with E-state index in [-0.39, 0.29) is 11.5 Å². The van der Waals surface area contributed by atoms with Gasteiger partial charge in [0.15, 0.2) is 0 Å². The highest BCUT2D eigenvalue weighted by Gasteiger charge is 2.25. The number of carbonyl (C=O) groups excluding carboxylic acids is 2. The summed E-state index contributed by atoms with van der Waals surface area (Å²) in [6, 6.07) is 15.6. The molecule has 8 heteroatoms. The predicted octanol–water partition coefficient (Wildman–Crippen LogP) is 4.77. The number of aromatic amines is 2. The van der Waals surface area contributed by atoms with Crippen LogP contribution in [0.4, 0.5) is 11.4 Å². The Morgan fingerprint density at radius 2 is 1.79 bits per heavy atom. The van der Waals surface area contributed by atoms with Crippen molar-refractivity contribution < 1.29 is 9.59 Å². The van der Waals surface area contributed by atoms with Crippen LogP contribution >= 0.6 is 11.6 Å². The van der Waals surface area contributed by atoms with Gasteiger partial charge in [-0.2, -0.15) is 0 Å². The highest BCUT2D eigenvalue weighted by molar-refractivity contribution is 6.35. The quantitative estimate of drug-likeness (QED) is 0.332. The van der Waals surface area contributed by atoms with E-state index in [4.69, 9.17) is 11.6 Å². The van der Waals surface area contributed by atoms with Crippen LogP contribution in [0.1, 0.15) is 21.6 Å². The molecule has 1 aliphatic rings. The summed E-state index contributed by atoms with van der Waals surface area (Å²) in [6.07, 6.45) is 6.46. The molecule has 0 atom stereocenters. The minimum atomic E-state index is -0.557. The fourth-order valence-corrected chi connectivity index (χ4v) is 3.83. The van der Waals surface area contributed by atoms with Crippen molar-refractivity contribution in [1.82, 2.24) is 9.97 Å². The summed E-state index contributed by atoms with van der Waals surface area (Å²) in [6.45, 7) is 0. The third-order valence-electron chi connectivity index (χ3n) is 5.33. The Bertz CT molecular complexity index is 1470. The van der Waals surface area contributed by atoms with E-state index < -0.39 is 11.3 Å². The first-order valence-corrected chi connectivity index (χ1v) is 10.5. The van der Waals surface area contributed by atoms with Gasteiger partial charge >= 0.3 is 0 Å². The summed E-state index contributed by atoms with van der Waals surface area (Å²) in [7, 11) is 0. The lowest BCUT2D eigenvalue weighted by Gasteiger charge is -2.08. The molecule has 4 N–H and O–H groups in total. The van der Waals surface area contributed by atoms with Crippen LogP contribution in [-0.2, 0) is 4.79 Å². The molecular weight excluding hydrogens is 440 g/mol. The average molecular weight is 457 g/mol. The molecule has 162 valence electrons. The third-order valence-corrected chi connectivity index (χ3v) is 5.58. The van der Waals surface area contributed by atoms with Crippen LogP contribution in [0.3, 0.4) is 0 Å². The summed E-state index contributed by atoms with van der Waals surface area (Å²) in [4.78, 5) is 44.1. The van der Waals surface area contributed by atoms with E-state index in [1.165, 1.54) is 6.20 Å². The standard InChI is InChI=1S/C25H17ClN4O3/c26-15-5-3-14(4-6-15)20-12-27-13-21(23(20)31)25(33)29-17-7-8-18-19(10-16-2-1-9-28-16)24(32)30-22(18)11-17/h1-13,28H,(H,27,31)(H,29,33)(H,30,32)/b19-10-. The molecular formula is C25H17ClN4O3. The lowest BCUT2D eigenvalue weighted by molar-refractivity contribution is -0.110. The molecule has 0 saturated carbocycles. The summed E-state index contributed by atoms with van der Waals surface area (Å²) < 4.78 is 0. The fourth-order valence-electron chi connectivity index (χ4n) is 3.70. The smallest absolute Gasteiger partial charge is 0.261 e. The minimum absolute atomic E-state index is 0.0284. The molecule has 0 bridgehead atoms. The van der Waals surface area contributed by atoms with Crippen molar-refractivity contribution in [3.05, 3.63) is 105 Å². The molecule has 0 fully saturated rings. The van der Waals surface area contributed by atoms with Gasteiger partial charge in [-0.1, -0.05) is 29.8 Å². The lowest BCUT2D eigenvalue weighted by Crippen LogP contribution is -2.22. The number of fused-ring (bicyclic) bond motifs is 1. The van der Waals surface area contributed by atoms with Crippen molar-refractivity contribution in [1.29, 1.82) is 0 Å². The van der Waals surface area contributed by atoms with Gasteiger partial charge < -0.3 is 20.6 Å². The molecule has 2 amide bonds. The van der Waals surface area contributed by atoms with Crippen molar-refractivity contribution in [2.24, 2.45) is 0 Å². The first kappa shape index (κ1) is 20.5. The number of carbonyl (C=O) groups is 2. The summed E-state index contributed by atoms with van der Waals surface area (Å²) in [5.74, 6) is -0.784. The Labute approximate surface area is 193 Å². The van der Waals surface area contributed by atoms with Crippen molar-refractivity contribution in [2.75, 3.05) is 10.6 Å². The van der Waals surface area contributed by atoms with Gasteiger partial charge in [0.1, 0.15) is 5.56 Å². The molecule has 4 aromatic rings. The molecule has 0 saturated heterocycles. The monoisotopic (exact) mass is 456 g/mol. The first-order valence-electron chi connectivity index (χ1n) is 10.1. The highest BCUT2D eigenvalue weighted by atomic mass is 35.5. The maximum absolute atomic E-state index is 12.9. The zero-order valence-electron chi connectivity index (χ0n) is 17.1. The Morgan fingerprint density at radius 3 is 2.55 bits per heavy atom. The molecule has 5 rings (SSSR count). The molecule has 0 radical (unpaired) electrons. The van der Waals surface area contributed by atoms with Gasteiger partial charge in [-0.05, 0) is 48.0 Å². The normalized spacial score (nSPS) is 13.6. The molecule has 7 nitrogen and oxygen atoms in total. The number of H-pyrrole nitrogens is 2. The number of amides is 2. The predicted molar refractivity (Wildman–Crippen MR) is 129 cm³/mol. The Balaban J connectivity index is 1.41. The van der Waals surface area contributed by atoms with Crippen LogP contribution in [0.15, 0.2) is 78.0 Å². The third kappa shape index (κ3) is 3.97. The van der Waals surface area contributed by atoms with E-state index >= 15 is 0 Å². The van der Waals surface area contributed by atoms with Gasteiger partial charge in [-0.25, -0.2) is 0 Å². The van der Waals surface area contributed by atoms with Crippen LogP contribution < -0.4 is 16.1 Å². The first-order chi connectivity index (χ1) is 16.0. The maximum atomic E-state index is 12.9. The Morgan fingerprint density at radius 1 is 0.970 bits per heavy atom. The van der Waals surface area contributed by atoms with E-state index in [0.717, 1.165) is 11.3 Å². The van der Waals surface area contributed by atoms with Crippen LogP contribution in [0.2, 0.25) is 5.02 Å². The molecule has 0 spiro atoms. The molecule has 2 aromatic heterocycles. The molecule has 3 heterocycles. The van der Waals surface area contributed by atoms with Gasteiger partial charge in [0.25, 0.3) is 11.8 Å². The van der Waals surface area contributed by atoms with Crippen LogP contribution in [0, 0.1) is 0 Å². The second-order valence-electron chi connectivity index (χ2n) is 7.47.